The van der Waals surface area contributed by atoms with Crippen LogP contribution in [0, 0.1) is 5.82 Å². The van der Waals surface area contributed by atoms with Crippen molar-refractivity contribution in [3.63, 3.8) is 0 Å². The number of nitrogens with one attached hydrogen (secondary N) is 2. The van der Waals surface area contributed by atoms with E-state index in [0.29, 0.717) is 33.6 Å². The average molecular weight is 366 g/mol. The lowest BCUT2D eigenvalue weighted by atomic mass is 10.2. The Bertz CT molecular complexity index is 740. The molecule has 0 aliphatic rings. The molecule has 0 aliphatic heterocycles. The number of hydrogen-bond acceptors (Lipinski definition) is 3. The van der Waals surface area contributed by atoms with E-state index in [4.69, 9.17) is 28.6 Å². The molecule has 2 rings (SSSR count). The number of nitrogens with zero attached hydrogens (tertiary/aromatic N) is 1. The first kappa shape index (κ1) is 18.2. The van der Waals surface area contributed by atoms with Gasteiger partial charge in [0, 0.05) is 22.7 Å². The smallest absolute Gasteiger partial charge is 0.186 e. The highest BCUT2D eigenvalue weighted by Gasteiger charge is 2.06. The third-order valence-corrected chi connectivity index (χ3v) is 3.49. The zero-order valence-electron chi connectivity index (χ0n) is 13.1. The molecule has 0 fully saturated rings. The lowest BCUT2D eigenvalue weighted by Gasteiger charge is -2.10. The molecule has 0 aromatic heterocycles. The van der Waals surface area contributed by atoms with Crippen LogP contribution in [-0.2, 0) is 6.61 Å². The van der Waals surface area contributed by atoms with Crippen LogP contribution in [0.15, 0.2) is 47.6 Å². The molecule has 0 spiro atoms. The van der Waals surface area contributed by atoms with Crippen molar-refractivity contribution >= 4 is 35.1 Å². The molecule has 0 saturated carbocycles. The molecule has 0 unspecified atom stereocenters. The van der Waals surface area contributed by atoms with E-state index in [1.54, 1.807) is 42.6 Å². The standard InChI is InChI=1S/C17H17ClFN3OS/c1-2-20-17(24)22-21-10-13-9-14(18)7-8-16(13)23-11-12-5-3-4-6-15(12)19/h3-10H,2,11H2,1H3,(H2,20,22,24)/b21-10+. The van der Waals surface area contributed by atoms with Crippen LogP contribution in [0.4, 0.5) is 4.39 Å². The van der Waals surface area contributed by atoms with E-state index < -0.39 is 0 Å². The number of thiocarbonyl (C=S) groups is 1. The predicted octanol–water partition coefficient (Wildman–Crippen LogP) is 3.88. The van der Waals surface area contributed by atoms with Gasteiger partial charge in [-0.1, -0.05) is 29.8 Å². The fourth-order valence-electron chi connectivity index (χ4n) is 1.88. The molecule has 2 N–H and O–H groups in total. The number of halogens is 2. The van der Waals surface area contributed by atoms with E-state index in [2.05, 4.69) is 15.8 Å². The van der Waals surface area contributed by atoms with Crippen LogP contribution < -0.4 is 15.5 Å². The van der Waals surface area contributed by atoms with Crippen molar-refractivity contribution in [1.82, 2.24) is 10.7 Å². The van der Waals surface area contributed by atoms with Crippen LogP contribution in [0.25, 0.3) is 0 Å². The van der Waals surface area contributed by atoms with Crippen molar-refractivity contribution in [1.29, 1.82) is 0 Å². The van der Waals surface area contributed by atoms with Crippen molar-refractivity contribution in [3.8, 4) is 5.75 Å². The van der Waals surface area contributed by atoms with Crippen LogP contribution in [0.2, 0.25) is 5.02 Å². The van der Waals surface area contributed by atoms with Crippen molar-refractivity contribution in [3.05, 3.63) is 64.4 Å². The number of hydrogen-bond donors (Lipinski definition) is 2. The summed E-state index contributed by atoms with van der Waals surface area (Å²) < 4.78 is 19.4. The van der Waals surface area contributed by atoms with Gasteiger partial charge in [-0.3, -0.25) is 5.43 Å². The van der Waals surface area contributed by atoms with Gasteiger partial charge in [-0.05, 0) is 43.4 Å². The van der Waals surface area contributed by atoms with Crippen LogP contribution in [0.3, 0.4) is 0 Å². The van der Waals surface area contributed by atoms with Gasteiger partial charge in [0.15, 0.2) is 5.11 Å². The Morgan fingerprint density at radius 1 is 1.33 bits per heavy atom. The summed E-state index contributed by atoms with van der Waals surface area (Å²) in [5, 5.41) is 7.93. The molecular formula is C17H17ClFN3OS. The highest BCUT2D eigenvalue weighted by atomic mass is 35.5. The average Bonchev–Trinajstić information content (AvgIpc) is 2.56. The first-order valence-electron chi connectivity index (χ1n) is 7.32. The maximum absolute atomic E-state index is 13.7. The molecule has 126 valence electrons. The van der Waals surface area contributed by atoms with E-state index >= 15 is 0 Å². The van der Waals surface area contributed by atoms with Crippen molar-refractivity contribution in [2.75, 3.05) is 6.54 Å². The van der Waals surface area contributed by atoms with Gasteiger partial charge in [0.05, 0.1) is 6.21 Å². The van der Waals surface area contributed by atoms with Gasteiger partial charge < -0.3 is 10.1 Å². The zero-order valence-corrected chi connectivity index (χ0v) is 14.6. The highest BCUT2D eigenvalue weighted by molar-refractivity contribution is 7.80. The van der Waals surface area contributed by atoms with Crippen molar-refractivity contribution in [2.24, 2.45) is 5.10 Å². The van der Waals surface area contributed by atoms with E-state index in [9.17, 15) is 4.39 Å². The third kappa shape index (κ3) is 5.47. The minimum atomic E-state index is -0.306. The molecule has 2 aromatic rings. The predicted molar refractivity (Wildman–Crippen MR) is 99.2 cm³/mol. The topological polar surface area (TPSA) is 45.7 Å². The number of benzene rings is 2. The van der Waals surface area contributed by atoms with E-state index in [-0.39, 0.29) is 12.4 Å². The highest BCUT2D eigenvalue weighted by Crippen LogP contribution is 2.22. The molecule has 0 radical (unpaired) electrons. The SMILES string of the molecule is CCNC(=S)N/N=C/c1cc(Cl)ccc1OCc1ccccc1F. The summed E-state index contributed by atoms with van der Waals surface area (Å²) in [7, 11) is 0. The van der Waals surface area contributed by atoms with E-state index in [1.165, 1.54) is 6.07 Å². The molecule has 7 heteroatoms. The Labute approximate surface area is 150 Å². The second kappa shape index (κ2) is 9.20. The first-order valence-corrected chi connectivity index (χ1v) is 8.11. The quantitative estimate of drug-likeness (QED) is 0.463. The second-order valence-electron chi connectivity index (χ2n) is 4.79. The largest absolute Gasteiger partial charge is 0.488 e. The molecule has 0 amide bonds. The molecule has 0 aliphatic carbocycles. The van der Waals surface area contributed by atoms with Gasteiger partial charge in [-0.25, -0.2) is 4.39 Å². The van der Waals surface area contributed by atoms with Crippen molar-refractivity contribution < 1.29 is 9.13 Å². The van der Waals surface area contributed by atoms with Crippen LogP contribution in [0.5, 0.6) is 5.75 Å². The molecule has 0 bridgehead atoms. The molecule has 4 nitrogen and oxygen atoms in total. The monoisotopic (exact) mass is 365 g/mol. The maximum Gasteiger partial charge on any atom is 0.186 e. The molecule has 0 heterocycles. The first-order chi connectivity index (χ1) is 11.6. The second-order valence-corrected chi connectivity index (χ2v) is 5.64. The Kier molecular flexibility index (Phi) is 6.96. The van der Waals surface area contributed by atoms with Gasteiger partial charge in [-0.2, -0.15) is 5.10 Å². The summed E-state index contributed by atoms with van der Waals surface area (Å²) in [6, 6.07) is 11.6. The maximum atomic E-state index is 13.7. The summed E-state index contributed by atoms with van der Waals surface area (Å²) >= 11 is 11.0. The minimum absolute atomic E-state index is 0.110. The molecule has 0 saturated heterocycles. The summed E-state index contributed by atoms with van der Waals surface area (Å²) in [5.74, 6) is 0.238. The molecule has 2 aromatic carbocycles. The van der Waals surface area contributed by atoms with Crippen LogP contribution in [0.1, 0.15) is 18.1 Å². The van der Waals surface area contributed by atoms with E-state index in [1.807, 2.05) is 6.92 Å². The van der Waals surface area contributed by atoms with Crippen molar-refractivity contribution in [2.45, 2.75) is 13.5 Å². The van der Waals surface area contributed by atoms with Crippen LogP contribution in [-0.4, -0.2) is 17.9 Å². The number of rotatable bonds is 6. The minimum Gasteiger partial charge on any atom is -0.488 e. The molecule has 24 heavy (non-hydrogen) atoms. The molecule has 0 atom stereocenters. The Morgan fingerprint density at radius 2 is 2.12 bits per heavy atom. The number of hydrazone groups is 1. The fraction of sp³-hybridized carbons (Fsp3) is 0.176. The zero-order chi connectivity index (χ0) is 17.4. The fourth-order valence-corrected chi connectivity index (χ4v) is 2.26. The molecular weight excluding hydrogens is 349 g/mol. The summed E-state index contributed by atoms with van der Waals surface area (Å²) in [6.45, 7) is 2.75. The van der Waals surface area contributed by atoms with Crippen LogP contribution >= 0.6 is 23.8 Å². The third-order valence-electron chi connectivity index (χ3n) is 3.02. The van der Waals surface area contributed by atoms with Gasteiger partial charge in [0.2, 0.25) is 0 Å². The van der Waals surface area contributed by atoms with Gasteiger partial charge >= 0.3 is 0 Å². The summed E-state index contributed by atoms with van der Waals surface area (Å²) in [4.78, 5) is 0. The number of ether oxygens (including phenoxy) is 1. The summed E-state index contributed by atoms with van der Waals surface area (Å²) in [6.07, 6.45) is 1.55. The lowest BCUT2D eigenvalue weighted by molar-refractivity contribution is 0.299. The van der Waals surface area contributed by atoms with Gasteiger partial charge in [0.25, 0.3) is 0 Å². The lowest BCUT2D eigenvalue weighted by Crippen LogP contribution is -2.31. The Balaban J connectivity index is 2.08. The van der Waals surface area contributed by atoms with Gasteiger partial charge in [0.1, 0.15) is 18.2 Å². The Hall–Kier alpha value is -2.18. The normalized spacial score (nSPS) is 10.6. The van der Waals surface area contributed by atoms with E-state index in [0.717, 1.165) is 0 Å². The Morgan fingerprint density at radius 3 is 2.88 bits per heavy atom. The summed E-state index contributed by atoms with van der Waals surface area (Å²) in [5.41, 5.74) is 3.82. The van der Waals surface area contributed by atoms with Gasteiger partial charge in [-0.15, -0.1) is 0 Å².